The molecule has 0 unspecified atom stereocenters. The average molecular weight is 514 g/mol. The third-order valence-electron chi connectivity index (χ3n) is 6.18. The highest BCUT2D eigenvalue weighted by atomic mass is 16.6. The lowest BCUT2D eigenvalue weighted by Gasteiger charge is -2.32. The number of carbonyl (C=O) groups excluding carboxylic acids is 2. The third-order valence-corrected chi connectivity index (χ3v) is 6.18. The Hall–Kier alpha value is -3.82. The van der Waals surface area contributed by atoms with Gasteiger partial charge in [0.1, 0.15) is 17.0 Å². The molecule has 10 nitrogen and oxygen atoms in total. The lowest BCUT2D eigenvalue weighted by atomic mass is 9.95. The first-order valence-electron chi connectivity index (χ1n) is 12.4. The molecule has 0 spiro atoms. The molecule has 1 fully saturated rings. The molecule has 0 radical (unpaired) electrons. The number of amides is 2. The van der Waals surface area contributed by atoms with Crippen LogP contribution in [0.1, 0.15) is 64.7 Å². The molecule has 1 aromatic carbocycles. The standard InChI is InChI=1S/C15H14N4O3.C12H23NO2.H2/c1-19-5-3-4-11(15(19)21)17-14(20)10-6-9-8-16-18-12(9)7-13(10)22-2;1-12(2,3)15-11(14)13(4)10-8-6-5-7-9-10;/h3-8H,1-2H3,(H,16,18)(H,17,20);10H,5-9H2,1-4H3;1H. The second-order valence-corrected chi connectivity index (χ2v) is 10.2. The molecule has 4 rings (SSSR count). The lowest BCUT2D eigenvalue weighted by molar-refractivity contribution is 0.0188. The van der Waals surface area contributed by atoms with E-state index in [0.29, 0.717) is 17.4 Å². The molecule has 2 aromatic heterocycles. The first kappa shape index (κ1) is 27.8. The number of nitrogens with one attached hydrogen (secondary N) is 2. The SMILES string of the molecule is CN(C(=O)OC(C)(C)C)C1CCCCC1.COc1cc2[nH]ncc2cc1C(=O)Nc1cccn(C)c1=O.[HH]. The van der Waals surface area contributed by atoms with E-state index in [1.54, 1.807) is 48.6 Å². The summed E-state index contributed by atoms with van der Waals surface area (Å²) in [7, 11) is 4.95. The summed E-state index contributed by atoms with van der Waals surface area (Å²) >= 11 is 0. The minimum atomic E-state index is -0.414. The molecule has 0 aliphatic heterocycles. The Morgan fingerprint density at radius 1 is 1.22 bits per heavy atom. The molecule has 0 atom stereocenters. The number of anilines is 1. The number of H-pyrrole nitrogens is 1. The third kappa shape index (κ3) is 7.34. The van der Waals surface area contributed by atoms with E-state index < -0.39 is 5.91 Å². The topological polar surface area (TPSA) is 119 Å². The van der Waals surface area contributed by atoms with Crippen molar-refractivity contribution < 1.29 is 20.5 Å². The van der Waals surface area contributed by atoms with Gasteiger partial charge < -0.3 is 24.3 Å². The highest BCUT2D eigenvalue weighted by Gasteiger charge is 2.26. The van der Waals surface area contributed by atoms with Crippen LogP contribution in [0.2, 0.25) is 0 Å². The number of benzene rings is 1. The molecule has 0 bridgehead atoms. The van der Waals surface area contributed by atoms with E-state index in [-0.39, 0.29) is 24.4 Å². The number of carbonyl (C=O) groups is 2. The molecule has 2 heterocycles. The lowest BCUT2D eigenvalue weighted by Crippen LogP contribution is -2.41. The Morgan fingerprint density at radius 2 is 1.92 bits per heavy atom. The van der Waals surface area contributed by atoms with Crippen LogP contribution in [0.4, 0.5) is 10.5 Å². The van der Waals surface area contributed by atoms with Crippen LogP contribution in [0.15, 0.2) is 41.5 Å². The van der Waals surface area contributed by atoms with Gasteiger partial charge in [-0.3, -0.25) is 14.7 Å². The van der Waals surface area contributed by atoms with Gasteiger partial charge in [0.2, 0.25) is 0 Å². The van der Waals surface area contributed by atoms with Gasteiger partial charge in [-0.1, -0.05) is 19.3 Å². The van der Waals surface area contributed by atoms with Gasteiger partial charge in [0.05, 0.1) is 24.4 Å². The Morgan fingerprint density at radius 3 is 2.57 bits per heavy atom. The highest BCUT2D eigenvalue weighted by molar-refractivity contribution is 6.08. The molecule has 10 heteroatoms. The first-order valence-corrected chi connectivity index (χ1v) is 12.4. The normalized spacial score (nSPS) is 13.9. The van der Waals surface area contributed by atoms with Crippen molar-refractivity contribution in [1.82, 2.24) is 19.7 Å². The van der Waals surface area contributed by atoms with Crippen LogP contribution in [0.3, 0.4) is 0 Å². The van der Waals surface area contributed by atoms with Crippen molar-refractivity contribution in [1.29, 1.82) is 0 Å². The van der Waals surface area contributed by atoms with Crippen molar-refractivity contribution in [2.45, 2.75) is 64.5 Å². The molecule has 2 N–H and O–H groups in total. The molecular weight excluding hydrogens is 474 g/mol. The monoisotopic (exact) mass is 513 g/mol. The molecule has 2 amide bonds. The van der Waals surface area contributed by atoms with Gasteiger partial charge in [-0.25, -0.2) is 4.79 Å². The maximum Gasteiger partial charge on any atom is 0.410 e. The van der Waals surface area contributed by atoms with E-state index in [9.17, 15) is 14.4 Å². The van der Waals surface area contributed by atoms with Crippen molar-refractivity contribution in [3.05, 3.63) is 52.6 Å². The largest absolute Gasteiger partial charge is 0.496 e. The van der Waals surface area contributed by atoms with Crippen molar-refractivity contribution in [3.63, 3.8) is 0 Å². The van der Waals surface area contributed by atoms with Crippen LogP contribution in [0.5, 0.6) is 5.75 Å². The van der Waals surface area contributed by atoms with E-state index in [1.807, 2.05) is 27.8 Å². The van der Waals surface area contributed by atoms with E-state index in [1.165, 1.54) is 30.9 Å². The predicted molar refractivity (Wildman–Crippen MR) is 145 cm³/mol. The molecular formula is C27H39N5O5. The van der Waals surface area contributed by atoms with Gasteiger partial charge in [-0.05, 0) is 51.8 Å². The number of methoxy groups -OCH3 is 1. The van der Waals surface area contributed by atoms with E-state index >= 15 is 0 Å². The second-order valence-electron chi connectivity index (χ2n) is 10.2. The number of hydrogen-bond acceptors (Lipinski definition) is 6. The Bertz CT molecular complexity index is 1290. The zero-order chi connectivity index (χ0) is 27.2. The fourth-order valence-corrected chi connectivity index (χ4v) is 4.15. The number of aromatic amines is 1. The maximum absolute atomic E-state index is 12.5. The van der Waals surface area contributed by atoms with Crippen LogP contribution in [0.25, 0.3) is 10.9 Å². The molecule has 37 heavy (non-hydrogen) atoms. The molecule has 3 aromatic rings. The van der Waals surface area contributed by atoms with E-state index in [2.05, 4.69) is 15.5 Å². The zero-order valence-electron chi connectivity index (χ0n) is 22.5. The summed E-state index contributed by atoms with van der Waals surface area (Å²) in [4.78, 5) is 37.9. The summed E-state index contributed by atoms with van der Waals surface area (Å²) in [5, 5.41) is 10.1. The van der Waals surface area contributed by atoms with Crippen LogP contribution in [0, 0.1) is 0 Å². The molecule has 202 valence electrons. The predicted octanol–water partition coefficient (Wildman–Crippen LogP) is 4.95. The number of rotatable bonds is 4. The van der Waals surface area contributed by atoms with Crippen molar-refractivity contribution in [2.75, 3.05) is 19.5 Å². The summed E-state index contributed by atoms with van der Waals surface area (Å²) < 4.78 is 12.0. The van der Waals surface area contributed by atoms with Gasteiger partial charge in [-0.15, -0.1) is 0 Å². The summed E-state index contributed by atoms with van der Waals surface area (Å²) in [5.41, 5.74) is 0.648. The number of nitrogens with zero attached hydrogens (tertiary/aromatic N) is 3. The minimum absolute atomic E-state index is 0. The highest BCUT2D eigenvalue weighted by Crippen LogP contribution is 2.25. The minimum Gasteiger partial charge on any atom is -0.496 e. The number of pyridine rings is 1. The maximum atomic E-state index is 12.5. The van der Waals surface area contributed by atoms with E-state index in [0.717, 1.165) is 23.7 Å². The van der Waals surface area contributed by atoms with Gasteiger partial charge >= 0.3 is 6.09 Å². The molecule has 1 aliphatic rings. The number of fused-ring (bicyclic) bond motifs is 1. The Kier molecular flexibility index (Phi) is 8.96. The molecule has 1 saturated carbocycles. The van der Waals surface area contributed by atoms with Gasteiger partial charge in [0.15, 0.2) is 0 Å². The quantitative estimate of drug-likeness (QED) is 0.509. The average Bonchev–Trinajstić information content (AvgIpc) is 3.33. The number of aromatic nitrogens is 3. The number of hydrogen-bond donors (Lipinski definition) is 2. The first-order chi connectivity index (χ1) is 17.5. The van der Waals surface area contributed by atoms with Gasteiger partial charge in [-0.2, -0.15) is 5.10 Å². The van der Waals surface area contributed by atoms with Crippen molar-refractivity contribution in [2.24, 2.45) is 7.05 Å². The van der Waals surface area contributed by atoms with Crippen LogP contribution in [-0.2, 0) is 11.8 Å². The van der Waals surface area contributed by atoms with Crippen molar-refractivity contribution in [3.8, 4) is 5.75 Å². The fraction of sp³-hybridized carbons (Fsp3) is 0.481. The fourth-order valence-electron chi connectivity index (χ4n) is 4.15. The van der Waals surface area contributed by atoms with Gasteiger partial charge in [0, 0.05) is 39.2 Å². The van der Waals surface area contributed by atoms with Gasteiger partial charge in [0.25, 0.3) is 11.5 Å². The van der Waals surface area contributed by atoms with Crippen LogP contribution >= 0.6 is 0 Å². The molecule has 0 saturated heterocycles. The summed E-state index contributed by atoms with van der Waals surface area (Å²) in [6.45, 7) is 5.71. The summed E-state index contributed by atoms with van der Waals surface area (Å²) in [6.07, 6.45) is 9.07. The van der Waals surface area contributed by atoms with Crippen molar-refractivity contribution >= 4 is 28.6 Å². The Balaban J connectivity index is 0.000000280. The zero-order valence-corrected chi connectivity index (χ0v) is 22.5. The number of aryl methyl sites for hydroxylation is 1. The smallest absolute Gasteiger partial charge is 0.410 e. The molecule has 1 aliphatic carbocycles. The van der Waals surface area contributed by atoms with Crippen LogP contribution < -0.4 is 15.6 Å². The summed E-state index contributed by atoms with van der Waals surface area (Å²) in [5.74, 6) is -0.00902. The summed E-state index contributed by atoms with van der Waals surface area (Å²) in [6, 6.07) is 6.99. The van der Waals surface area contributed by atoms with Crippen LogP contribution in [-0.4, -0.2) is 57.5 Å². The number of ether oxygens (including phenoxy) is 2. The second kappa shape index (κ2) is 11.9. The Labute approximate surface area is 218 Å². The van der Waals surface area contributed by atoms with E-state index in [4.69, 9.17) is 9.47 Å².